The van der Waals surface area contributed by atoms with Crippen molar-refractivity contribution >= 4 is 11.3 Å². The molecule has 2 nitrogen and oxygen atoms in total. The van der Waals surface area contributed by atoms with Crippen LogP contribution in [0.5, 0.6) is 0 Å². The van der Waals surface area contributed by atoms with E-state index in [9.17, 15) is 0 Å². The number of thiazole rings is 1. The Morgan fingerprint density at radius 2 is 2.14 bits per heavy atom. The van der Waals surface area contributed by atoms with Gasteiger partial charge in [0.1, 0.15) is 5.41 Å². The van der Waals surface area contributed by atoms with Crippen molar-refractivity contribution in [2.45, 2.75) is 44.4 Å². The number of nitriles is 1. The molecule has 3 heteroatoms. The molecule has 0 aromatic carbocycles. The summed E-state index contributed by atoms with van der Waals surface area (Å²) in [7, 11) is 0. The summed E-state index contributed by atoms with van der Waals surface area (Å²) in [6, 6.07) is 2.38. The molecular formula is C11H14N2S. The van der Waals surface area contributed by atoms with E-state index in [-0.39, 0.29) is 10.8 Å². The molecule has 1 aliphatic rings. The van der Waals surface area contributed by atoms with Crippen molar-refractivity contribution in [3.8, 4) is 6.07 Å². The molecule has 0 N–H and O–H groups in total. The summed E-state index contributed by atoms with van der Waals surface area (Å²) in [4.78, 5) is 4.58. The summed E-state index contributed by atoms with van der Waals surface area (Å²) in [5.74, 6) is 0. The summed E-state index contributed by atoms with van der Waals surface area (Å²) >= 11 is 1.68. The third-order valence-corrected chi connectivity index (χ3v) is 3.87. The Labute approximate surface area is 88.6 Å². The molecule has 74 valence electrons. The molecule has 1 heterocycles. The zero-order valence-electron chi connectivity index (χ0n) is 8.79. The fourth-order valence-corrected chi connectivity index (χ4v) is 2.39. The lowest BCUT2D eigenvalue weighted by molar-refractivity contribution is 0.581. The zero-order chi connectivity index (χ0) is 10.4. The van der Waals surface area contributed by atoms with Crippen LogP contribution >= 0.6 is 11.3 Å². The van der Waals surface area contributed by atoms with Gasteiger partial charge < -0.3 is 0 Å². The lowest BCUT2D eigenvalue weighted by atomic mass is 9.98. The van der Waals surface area contributed by atoms with Crippen LogP contribution in [0.3, 0.4) is 0 Å². The smallest absolute Gasteiger partial charge is 0.100 e. The monoisotopic (exact) mass is 206 g/mol. The first kappa shape index (κ1) is 9.67. The second kappa shape index (κ2) is 2.80. The van der Waals surface area contributed by atoms with E-state index < -0.39 is 0 Å². The molecule has 1 aromatic rings. The average molecular weight is 206 g/mol. The second-order valence-electron chi connectivity index (χ2n) is 4.98. The molecule has 0 spiro atoms. The minimum atomic E-state index is -0.222. The van der Waals surface area contributed by atoms with Gasteiger partial charge in [-0.1, -0.05) is 20.8 Å². The summed E-state index contributed by atoms with van der Waals surface area (Å²) in [5, 5.41) is 12.2. The number of aromatic nitrogens is 1. The van der Waals surface area contributed by atoms with Crippen molar-refractivity contribution in [1.29, 1.82) is 5.26 Å². The van der Waals surface area contributed by atoms with Crippen molar-refractivity contribution in [3.05, 3.63) is 16.1 Å². The molecule has 0 unspecified atom stereocenters. The van der Waals surface area contributed by atoms with Gasteiger partial charge >= 0.3 is 0 Å². The molecule has 1 fully saturated rings. The molecule has 0 atom stereocenters. The van der Waals surface area contributed by atoms with Crippen LogP contribution in [0.25, 0.3) is 0 Å². The molecule has 0 radical (unpaired) electrons. The topological polar surface area (TPSA) is 36.7 Å². The first-order valence-corrected chi connectivity index (χ1v) is 5.74. The maximum atomic E-state index is 9.04. The van der Waals surface area contributed by atoms with Gasteiger partial charge in [0, 0.05) is 10.8 Å². The molecule has 14 heavy (non-hydrogen) atoms. The van der Waals surface area contributed by atoms with E-state index >= 15 is 0 Å². The quantitative estimate of drug-likeness (QED) is 0.708. The normalized spacial score (nSPS) is 19.0. The van der Waals surface area contributed by atoms with Crippen molar-refractivity contribution in [1.82, 2.24) is 4.98 Å². The summed E-state index contributed by atoms with van der Waals surface area (Å²) < 4.78 is 0. The summed E-state index contributed by atoms with van der Waals surface area (Å²) in [6.07, 6.45) is 1.97. The molecule has 1 aromatic heterocycles. The van der Waals surface area contributed by atoms with Gasteiger partial charge in [-0.3, -0.25) is 0 Å². The van der Waals surface area contributed by atoms with Crippen LogP contribution < -0.4 is 0 Å². The first-order chi connectivity index (χ1) is 6.48. The molecule has 1 aliphatic carbocycles. The highest BCUT2D eigenvalue weighted by atomic mass is 32.1. The highest BCUT2D eigenvalue weighted by Crippen LogP contribution is 2.48. The average Bonchev–Trinajstić information content (AvgIpc) is 2.73. The molecule has 0 bridgehead atoms. The van der Waals surface area contributed by atoms with Crippen LogP contribution in [0.4, 0.5) is 0 Å². The van der Waals surface area contributed by atoms with Crippen LogP contribution in [-0.2, 0) is 10.8 Å². The van der Waals surface area contributed by atoms with E-state index in [1.54, 1.807) is 11.3 Å². The lowest BCUT2D eigenvalue weighted by Crippen LogP contribution is -2.12. The Morgan fingerprint density at radius 3 is 2.50 bits per heavy atom. The Kier molecular flexibility index (Phi) is 1.94. The van der Waals surface area contributed by atoms with Gasteiger partial charge in [-0.25, -0.2) is 4.98 Å². The number of nitrogens with zero attached hydrogens (tertiary/aromatic N) is 2. The standard InChI is InChI=1S/C11H14N2S/c1-10(2,3)9-13-8(6-14-9)11(7-12)4-5-11/h6H,4-5H2,1-3H3. The van der Waals surface area contributed by atoms with Gasteiger partial charge in [0.2, 0.25) is 0 Å². The van der Waals surface area contributed by atoms with Crippen molar-refractivity contribution in [3.63, 3.8) is 0 Å². The summed E-state index contributed by atoms with van der Waals surface area (Å²) in [5.41, 5.74) is 0.879. The van der Waals surface area contributed by atoms with Gasteiger partial charge in [-0.15, -0.1) is 11.3 Å². The number of rotatable bonds is 1. The Balaban J connectivity index is 2.32. The van der Waals surface area contributed by atoms with E-state index in [1.807, 2.05) is 0 Å². The largest absolute Gasteiger partial charge is 0.244 e. The fraction of sp³-hybridized carbons (Fsp3) is 0.636. The molecule has 1 saturated carbocycles. The third kappa shape index (κ3) is 1.44. The number of hydrogen-bond donors (Lipinski definition) is 0. The Bertz CT molecular complexity index is 388. The van der Waals surface area contributed by atoms with Gasteiger partial charge in [-0.2, -0.15) is 5.26 Å². The van der Waals surface area contributed by atoms with Crippen LogP contribution in [0.1, 0.15) is 44.3 Å². The second-order valence-corrected chi connectivity index (χ2v) is 5.84. The van der Waals surface area contributed by atoms with Crippen LogP contribution in [0, 0.1) is 11.3 Å². The van der Waals surface area contributed by atoms with Gasteiger partial charge in [0.15, 0.2) is 0 Å². The maximum Gasteiger partial charge on any atom is 0.100 e. The predicted octanol–water partition coefficient (Wildman–Crippen LogP) is 3.00. The van der Waals surface area contributed by atoms with E-state index in [2.05, 4.69) is 37.2 Å². The van der Waals surface area contributed by atoms with Gasteiger partial charge in [0.25, 0.3) is 0 Å². The SMILES string of the molecule is CC(C)(C)c1nc(C2(C#N)CC2)cs1. The Hall–Kier alpha value is -0.880. The highest BCUT2D eigenvalue weighted by molar-refractivity contribution is 7.09. The van der Waals surface area contributed by atoms with E-state index in [0.29, 0.717) is 0 Å². The van der Waals surface area contributed by atoms with Crippen molar-refractivity contribution in [2.75, 3.05) is 0 Å². The van der Waals surface area contributed by atoms with Crippen molar-refractivity contribution < 1.29 is 0 Å². The highest BCUT2D eigenvalue weighted by Gasteiger charge is 2.47. The zero-order valence-corrected chi connectivity index (χ0v) is 9.61. The number of hydrogen-bond acceptors (Lipinski definition) is 3. The van der Waals surface area contributed by atoms with E-state index in [1.165, 1.54) is 0 Å². The van der Waals surface area contributed by atoms with E-state index in [4.69, 9.17) is 5.26 Å². The Morgan fingerprint density at radius 1 is 1.50 bits per heavy atom. The van der Waals surface area contributed by atoms with E-state index in [0.717, 1.165) is 23.5 Å². The molecular weight excluding hydrogens is 192 g/mol. The lowest BCUT2D eigenvalue weighted by Gasteiger charge is -2.13. The predicted molar refractivity (Wildman–Crippen MR) is 57.3 cm³/mol. The molecule has 0 amide bonds. The van der Waals surface area contributed by atoms with Crippen LogP contribution in [0.2, 0.25) is 0 Å². The van der Waals surface area contributed by atoms with Crippen LogP contribution in [0.15, 0.2) is 5.38 Å². The maximum absolute atomic E-state index is 9.04. The van der Waals surface area contributed by atoms with Crippen molar-refractivity contribution in [2.24, 2.45) is 0 Å². The molecule has 0 saturated heterocycles. The summed E-state index contributed by atoms with van der Waals surface area (Å²) in [6.45, 7) is 6.46. The molecule has 0 aliphatic heterocycles. The molecule has 2 rings (SSSR count). The fourth-order valence-electron chi connectivity index (χ4n) is 1.39. The van der Waals surface area contributed by atoms with Gasteiger partial charge in [-0.05, 0) is 12.8 Å². The minimum Gasteiger partial charge on any atom is -0.244 e. The first-order valence-electron chi connectivity index (χ1n) is 4.86. The third-order valence-electron chi connectivity index (χ3n) is 2.60. The minimum absolute atomic E-state index is 0.106. The van der Waals surface area contributed by atoms with Gasteiger partial charge in [0.05, 0.1) is 16.8 Å². The van der Waals surface area contributed by atoms with Crippen LogP contribution in [-0.4, -0.2) is 4.98 Å².